The van der Waals surface area contributed by atoms with Gasteiger partial charge in [0.15, 0.2) is 0 Å². The lowest BCUT2D eigenvalue weighted by Crippen LogP contribution is -2.25. The van der Waals surface area contributed by atoms with Crippen molar-refractivity contribution in [2.45, 2.75) is 59.2 Å². The number of rotatable bonds is 7. The van der Waals surface area contributed by atoms with Crippen LogP contribution in [-0.4, -0.2) is 24.0 Å². The van der Waals surface area contributed by atoms with Crippen molar-refractivity contribution in [3.8, 4) is 0 Å². The van der Waals surface area contributed by atoms with Gasteiger partial charge in [-0.1, -0.05) is 45.0 Å². The van der Waals surface area contributed by atoms with Crippen LogP contribution in [0.5, 0.6) is 0 Å². The fraction of sp³-hybridized carbons (Fsp3) is 0.667. The predicted molar refractivity (Wildman–Crippen MR) is 86.7 cm³/mol. The summed E-state index contributed by atoms with van der Waals surface area (Å²) in [6.07, 6.45) is 4.09. The van der Waals surface area contributed by atoms with Gasteiger partial charge >= 0.3 is 0 Å². The molecule has 2 rings (SSSR count). The molecule has 1 fully saturated rings. The molecule has 0 heterocycles. The second-order valence-electron chi connectivity index (χ2n) is 6.27. The second-order valence-corrected chi connectivity index (χ2v) is 6.27. The van der Waals surface area contributed by atoms with Gasteiger partial charge in [0.25, 0.3) is 0 Å². The third-order valence-corrected chi connectivity index (χ3v) is 4.61. The fourth-order valence-electron chi connectivity index (χ4n) is 3.12. The van der Waals surface area contributed by atoms with Gasteiger partial charge in [0.05, 0.1) is 0 Å². The zero-order valence-corrected chi connectivity index (χ0v) is 13.4. The van der Waals surface area contributed by atoms with E-state index in [-0.39, 0.29) is 0 Å². The Morgan fingerprint density at radius 1 is 1.05 bits per heavy atom. The van der Waals surface area contributed by atoms with Gasteiger partial charge in [0.2, 0.25) is 0 Å². The van der Waals surface area contributed by atoms with E-state index in [1.54, 1.807) is 0 Å². The van der Waals surface area contributed by atoms with Gasteiger partial charge in [0, 0.05) is 19.1 Å². The van der Waals surface area contributed by atoms with E-state index in [0.29, 0.717) is 0 Å². The highest BCUT2D eigenvalue weighted by atomic mass is 15.1. The normalized spacial score (nSPS) is 22.6. The van der Waals surface area contributed by atoms with Gasteiger partial charge in [-0.15, -0.1) is 0 Å². The van der Waals surface area contributed by atoms with Crippen LogP contribution in [0.4, 0.5) is 0 Å². The van der Waals surface area contributed by atoms with Gasteiger partial charge in [-0.2, -0.15) is 0 Å². The first-order valence-corrected chi connectivity index (χ1v) is 8.24. The topological polar surface area (TPSA) is 15.3 Å². The number of benzene rings is 1. The van der Waals surface area contributed by atoms with E-state index in [4.69, 9.17) is 0 Å². The van der Waals surface area contributed by atoms with Crippen molar-refractivity contribution in [1.82, 2.24) is 10.2 Å². The van der Waals surface area contributed by atoms with E-state index in [2.05, 4.69) is 55.3 Å². The Kier molecular flexibility index (Phi) is 6.06. The molecule has 20 heavy (non-hydrogen) atoms. The molecule has 2 heteroatoms. The number of hydrogen-bond acceptors (Lipinski definition) is 2. The predicted octanol–water partition coefficient (Wildman–Crippen LogP) is 3.81. The lowest BCUT2D eigenvalue weighted by Gasteiger charge is -2.18. The largest absolute Gasteiger partial charge is 0.310 e. The first kappa shape index (κ1) is 15.5. The molecule has 0 spiro atoms. The first-order chi connectivity index (χ1) is 9.71. The maximum Gasteiger partial charge on any atom is 0.0233 e. The third kappa shape index (κ3) is 4.60. The molecule has 0 aromatic heterocycles. The molecule has 0 radical (unpaired) electrons. The van der Waals surface area contributed by atoms with Crippen LogP contribution in [-0.2, 0) is 13.1 Å². The summed E-state index contributed by atoms with van der Waals surface area (Å²) in [5.41, 5.74) is 2.83. The molecule has 1 aromatic rings. The van der Waals surface area contributed by atoms with Crippen LogP contribution in [0.1, 0.15) is 51.2 Å². The molecule has 2 unspecified atom stereocenters. The summed E-state index contributed by atoms with van der Waals surface area (Å²) in [5.74, 6) is 0.906. The Balaban J connectivity index is 1.79. The summed E-state index contributed by atoms with van der Waals surface area (Å²) >= 11 is 0. The van der Waals surface area contributed by atoms with Crippen LogP contribution < -0.4 is 5.32 Å². The van der Waals surface area contributed by atoms with E-state index in [0.717, 1.165) is 38.1 Å². The summed E-state index contributed by atoms with van der Waals surface area (Å²) in [7, 11) is 0. The number of nitrogens with zero attached hydrogens (tertiary/aromatic N) is 1. The fourth-order valence-corrected chi connectivity index (χ4v) is 3.12. The zero-order chi connectivity index (χ0) is 14.4. The standard InChI is InChI=1S/C18H30N2/c1-4-20(5-2)14-17-9-7-16(8-10-17)13-19-18-11-6-15(3)12-18/h7-10,15,18-19H,4-6,11-14H2,1-3H3. The van der Waals surface area contributed by atoms with Gasteiger partial charge in [-0.25, -0.2) is 0 Å². The Hall–Kier alpha value is -0.860. The maximum atomic E-state index is 3.70. The lowest BCUT2D eigenvalue weighted by atomic mass is 10.1. The molecular formula is C18H30N2. The Morgan fingerprint density at radius 2 is 1.70 bits per heavy atom. The van der Waals surface area contributed by atoms with Crippen LogP contribution in [0, 0.1) is 5.92 Å². The molecule has 1 aliphatic rings. The first-order valence-electron chi connectivity index (χ1n) is 8.24. The highest BCUT2D eigenvalue weighted by Gasteiger charge is 2.20. The molecule has 1 aromatic carbocycles. The average Bonchev–Trinajstić information content (AvgIpc) is 2.89. The van der Waals surface area contributed by atoms with Crippen molar-refractivity contribution in [2.75, 3.05) is 13.1 Å². The molecule has 1 saturated carbocycles. The van der Waals surface area contributed by atoms with E-state index >= 15 is 0 Å². The molecule has 1 aliphatic carbocycles. The zero-order valence-electron chi connectivity index (χ0n) is 13.4. The maximum absolute atomic E-state index is 3.70. The summed E-state index contributed by atoms with van der Waals surface area (Å²) < 4.78 is 0. The SMILES string of the molecule is CCN(CC)Cc1ccc(CNC2CCC(C)C2)cc1. The van der Waals surface area contributed by atoms with Crippen molar-refractivity contribution in [1.29, 1.82) is 0 Å². The van der Waals surface area contributed by atoms with E-state index in [1.807, 2.05) is 0 Å². The summed E-state index contributed by atoms with van der Waals surface area (Å²) in [5, 5.41) is 3.70. The van der Waals surface area contributed by atoms with Crippen molar-refractivity contribution >= 4 is 0 Å². The lowest BCUT2D eigenvalue weighted by molar-refractivity contribution is 0.296. The molecule has 0 saturated heterocycles. The summed E-state index contributed by atoms with van der Waals surface area (Å²) in [6.45, 7) is 11.2. The van der Waals surface area contributed by atoms with E-state index in [9.17, 15) is 0 Å². The average molecular weight is 274 g/mol. The molecule has 112 valence electrons. The third-order valence-electron chi connectivity index (χ3n) is 4.61. The minimum absolute atomic E-state index is 0.736. The van der Waals surface area contributed by atoms with Crippen LogP contribution in [0.15, 0.2) is 24.3 Å². The van der Waals surface area contributed by atoms with E-state index < -0.39 is 0 Å². The highest BCUT2D eigenvalue weighted by molar-refractivity contribution is 5.22. The van der Waals surface area contributed by atoms with Crippen molar-refractivity contribution in [2.24, 2.45) is 5.92 Å². The van der Waals surface area contributed by atoms with Crippen LogP contribution in [0.3, 0.4) is 0 Å². The Morgan fingerprint density at radius 3 is 2.25 bits per heavy atom. The second kappa shape index (κ2) is 7.80. The van der Waals surface area contributed by atoms with Crippen molar-refractivity contribution in [3.05, 3.63) is 35.4 Å². The molecule has 1 N–H and O–H groups in total. The summed E-state index contributed by atoms with van der Waals surface area (Å²) in [4.78, 5) is 2.45. The quantitative estimate of drug-likeness (QED) is 0.813. The van der Waals surface area contributed by atoms with Crippen molar-refractivity contribution in [3.63, 3.8) is 0 Å². The van der Waals surface area contributed by atoms with Gasteiger partial charge < -0.3 is 5.32 Å². The highest BCUT2D eigenvalue weighted by Crippen LogP contribution is 2.24. The van der Waals surface area contributed by atoms with E-state index in [1.165, 1.54) is 30.4 Å². The van der Waals surface area contributed by atoms with Gasteiger partial charge in [0.1, 0.15) is 0 Å². The molecule has 0 aliphatic heterocycles. The van der Waals surface area contributed by atoms with Crippen LogP contribution in [0.25, 0.3) is 0 Å². The smallest absolute Gasteiger partial charge is 0.0233 e. The molecular weight excluding hydrogens is 244 g/mol. The Bertz CT molecular complexity index is 381. The van der Waals surface area contributed by atoms with Crippen LogP contribution >= 0.6 is 0 Å². The molecule has 2 atom stereocenters. The summed E-state index contributed by atoms with van der Waals surface area (Å²) in [6, 6.07) is 9.87. The Labute approximate surface area is 124 Å². The minimum Gasteiger partial charge on any atom is -0.310 e. The monoisotopic (exact) mass is 274 g/mol. The molecule has 0 amide bonds. The van der Waals surface area contributed by atoms with Gasteiger partial charge in [-0.3, -0.25) is 4.90 Å². The number of hydrogen-bond donors (Lipinski definition) is 1. The van der Waals surface area contributed by atoms with Crippen LogP contribution in [0.2, 0.25) is 0 Å². The molecule has 2 nitrogen and oxygen atoms in total. The van der Waals surface area contributed by atoms with Gasteiger partial charge in [-0.05, 0) is 49.4 Å². The van der Waals surface area contributed by atoms with Crippen molar-refractivity contribution < 1.29 is 0 Å². The number of nitrogens with one attached hydrogen (secondary N) is 1. The molecule has 0 bridgehead atoms. The minimum atomic E-state index is 0.736.